The summed E-state index contributed by atoms with van der Waals surface area (Å²) in [6.07, 6.45) is 1.42. The topological polar surface area (TPSA) is 46.2 Å². The minimum Gasteiger partial charge on any atom is -0.391 e. The second kappa shape index (κ2) is 3.18. The van der Waals surface area contributed by atoms with Gasteiger partial charge < -0.3 is 10.8 Å². The van der Waals surface area contributed by atoms with Gasteiger partial charge in [0.15, 0.2) is 0 Å². The number of nitrogens with two attached hydrogens (primary N) is 1. The second-order valence-corrected chi connectivity index (χ2v) is 3.13. The molecule has 0 fully saturated rings. The van der Waals surface area contributed by atoms with Gasteiger partial charge in [0, 0.05) is 5.54 Å². The monoisotopic (exact) mass is 131 g/mol. The van der Waals surface area contributed by atoms with Crippen LogP contribution in [0.4, 0.5) is 0 Å². The van der Waals surface area contributed by atoms with Crippen molar-refractivity contribution in [3.8, 4) is 0 Å². The number of hydrogen-bond acceptors (Lipinski definition) is 2. The molecule has 0 radical (unpaired) electrons. The number of aliphatic hydroxyl groups is 1. The van der Waals surface area contributed by atoms with E-state index in [1.165, 1.54) is 0 Å². The van der Waals surface area contributed by atoms with E-state index in [2.05, 4.69) is 0 Å². The molecule has 0 aromatic heterocycles. The number of aliphatic hydroxyl groups excluding tert-OH is 1. The molecule has 0 unspecified atom stereocenters. The van der Waals surface area contributed by atoms with Crippen molar-refractivity contribution in [2.75, 3.05) is 0 Å². The average molecular weight is 131 g/mol. The predicted octanol–water partition coefficient (Wildman–Crippen LogP) is 0.885. The van der Waals surface area contributed by atoms with Gasteiger partial charge in [-0.1, -0.05) is 13.3 Å². The molecule has 0 aromatic rings. The first-order valence-electron chi connectivity index (χ1n) is 3.45. The summed E-state index contributed by atoms with van der Waals surface area (Å²) in [6.45, 7) is 5.72. The Hall–Kier alpha value is -0.0800. The molecule has 0 aliphatic heterocycles. The third-order valence-electron chi connectivity index (χ3n) is 1.42. The van der Waals surface area contributed by atoms with Gasteiger partial charge >= 0.3 is 0 Å². The molecule has 3 N–H and O–H groups in total. The molecule has 2 heteroatoms. The molecule has 9 heavy (non-hydrogen) atoms. The van der Waals surface area contributed by atoms with Crippen molar-refractivity contribution in [1.82, 2.24) is 0 Å². The first kappa shape index (κ1) is 8.92. The van der Waals surface area contributed by atoms with Gasteiger partial charge in [0.25, 0.3) is 0 Å². The van der Waals surface area contributed by atoms with Crippen molar-refractivity contribution in [3.63, 3.8) is 0 Å². The number of hydrogen-bond donors (Lipinski definition) is 2. The van der Waals surface area contributed by atoms with Crippen molar-refractivity contribution in [2.45, 2.75) is 45.3 Å². The summed E-state index contributed by atoms with van der Waals surface area (Å²) < 4.78 is 0. The van der Waals surface area contributed by atoms with Gasteiger partial charge in [0.05, 0.1) is 6.10 Å². The number of rotatable bonds is 3. The Morgan fingerprint density at radius 3 is 2.11 bits per heavy atom. The summed E-state index contributed by atoms with van der Waals surface area (Å²) >= 11 is 0. The second-order valence-electron chi connectivity index (χ2n) is 3.13. The molecule has 56 valence electrons. The summed E-state index contributed by atoms with van der Waals surface area (Å²) in [6, 6.07) is 0. The van der Waals surface area contributed by atoms with Crippen LogP contribution in [0.3, 0.4) is 0 Å². The highest BCUT2D eigenvalue weighted by molar-refractivity contribution is 4.80. The van der Waals surface area contributed by atoms with E-state index in [1.807, 2.05) is 20.8 Å². The Kier molecular flexibility index (Phi) is 3.15. The quantitative estimate of drug-likeness (QED) is 0.597. The van der Waals surface area contributed by atoms with E-state index in [0.29, 0.717) is 0 Å². The van der Waals surface area contributed by atoms with Gasteiger partial charge in [-0.05, 0) is 20.3 Å². The molecule has 0 aliphatic rings. The Morgan fingerprint density at radius 2 is 2.00 bits per heavy atom. The SMILES string of the molecule is CCC[C@H](O)C(C)(C)N. The van der Waals surface area contributed by atoms with Crippen molar-refractivity contribution in [1.29, 1.82) is 0 Å². The van der Waals surface area contributed by atoms with Crippen LogP contribution in [-0.2, 0) is 0 Å². The first-order valence-corrected chi connectivity index (χ1v) is 3.45. The van der Waals surface area contributed by atoms with E-state index in [-0.39, 0.29) is 6.10 Å². The van der Waals surface area contributed by atoms with E-state index in [1.54, 1.807) is 0 Å². The molecule has 0 aliphatic carbocycles. The summed E-state index contributed by atoms with van der Waals surface area (Å²) in [5, 5.41) is 9.26. The van der Waals surface area contributed by atoms with Crippen molar-refractivity contribution in [2.24, 2.45) is 5.73 Å². The van der Waals surface area contributed by atoms with Gasteiger partial charge in [-0.2, -0.15) is 0 Å². The predicted molar refractivity (Wildman–Crippen MR) is 39.2 cm³/mol. The van der Waals surface area contributed by atoms with Crippen LogP contribution in [-0.4, -0.2) is 16.7 Å². The van der Waals surface area contributed by atoms with Crippen molar-refractivity contribution in [3.05, 3.63) is 0 Å². The molecular formula is C7H17NO. The van der Waals surface area contributed by atoms with Crippen LogP contribution >= 0.6 is 0 Å². The minimum atomic E-state index is -0.435. The van der Waals surface area contributed by atoms with Gasteiger partial charge in [0.1, 0.15) is 0 Å². The summed E-state index contributed by atoms with van der Waals surface area (Å²) in [7, 11) is 0. The lowest BCUT2D eigenvalue weighted by atomic mass is 9.95. The smallest absolute Gasteiger partial charge is 0.0714 e. The average Bonchev–Trinajstić information content (AvgIpc) is 1.64. The normalized spacial score (nSPS) is 15.7. The van der Waals surface area contributed by atoms with Crippen molar-refractivity contribution >= 4 is 0 Å². The molecule has 0 heterocycles. The largest absolute Gasteiger partial charge is 0.391 e. The highest BCUT2D eigenvalue weighted by Crippen LogP contribution is 2.09. The first-order chi connectivity index (χ1) is 3.98. The molecule has 0 spiro atoms. The molecule has 0 saturated carbocycles. The van der Waals surface area contributed by atoms with Crippen molar-refractivity contribution < 1.29 is 5.11 Å². The van der Waals surface area contributed by atoms with E-state index in [0.717, 1.165) is 12.8 Å². The van der Waals surface area contributed by atoms with Crippen LogP contribution in [0.15, 0.2) is 0 Å². The fourth-order valence-corrected chi connectivity index (χ4v) is 0.645. The van der Waals surface area contributed by atoms with Crippen LogP contribution in [0.5, 0.6) is 0 Å². The van der Waals surface area contributed by atoms with Gasteiger partial charge in [-0.25, -0.2) is 0 Å². The minimum absolute atomic E-state index is 0.359. The highest BCUT2D eigenvalue weighted by Gasteiger charge is 2.20. The maximum atomic E-state index is 9.26. The zero-order chi connectivity index (χ0) is 7.49. The Morgan fingerprint density at radius 1 is 1.56 bits per heavy atom. The fourth-order valence-electron chi connectivity index (χ4n) is 0.645. The molecule has 2 nitrogen and oxygen atoms in total. The van der Waals surface area contributed by atoms with Gasteiger partial charge in [0.2, 0.25) is 0 Å². The lowest BCUT2D eigenvalue weighted by Gasteiger charge is -2.25. The van der Waals surface area contributed by atoms with Gasteiger partial charge in [-0.15, -0.1) is 0 Å². The van der Waals surface area contributed by atoms with Crippen LogP contribution in [0.2, 0.25) is 0 Å². The third kappa shape index (κ3) is 3.49. The molecule has 0 saturated heterocycles. The van der Waals surface area contributed by atoms with Gasteiger partial charge in [-0.3, -0.25) is 0 Å². The molecule has 0 aromatic carbocycles. The Balaban J connectivity index is 3.59. The van der Waals surface area contributed by atoms with E-state index in [9.17, 15) is 5.11 Å². The van der Waals surface area contributed by atoms with E-state index < -0.39 is 5.54 Å². The highest BCUT2D eigenvalue weighted by atomic mass is 16.3. The molecule has 1 atom stereocenters. The fraction of sp³-hybridized carbons (Fsp3) is 1.00. The molecule has 0 bridgehead atoms. The zero-order valence-corrected chi connectivity index (χ0v) is 6.52. The standard InChI is InChI=1S/C7H17NO/c1-4-5-6(9)7(2,3)8/h6,9H,4-5,8H2,1-3H3/t6-/m0/s1. The lowest BCUT2D eigenvalue weighted by Crippen LogP contribution is -2.44. The van der Waals surface area contributed by atoms with Crippen LogP contribution < -0.4 is 5.73 Å². The van der Waals surface area contributed by atoms with Crippen LogP contribution in [0, 0.1) is 0 Å². The maximum absolute atomic E-state index is 9.26. The summed E-state index contributed by atoms with van der Waals surface area (Å²) in [5.41, 5.74) is 5.18. The Bertz CT molecular complexity index is 75.5. The summed E-state index contributed by atoms with van der Waals surface area (Å²) in [4.78, 5) is 0. The Labute approximate surface area is 57.1 Å². The third-order valence-corrected chi connectivity index (χ3v) is 1.42. The molecule has 0 amide bonds. The zero-order valence-electron chi connectivity index (χ0n) is 6.52. The molecular weight excluding hydrogens is 114 g/mol. The molecule has 0 rings (SSSR count). The van der Waals surface area contributed by atoms with E-state index in [4.69, 9.17) is 5.73 Å². The summed E-state index contributed by atoms with van der Waals surface area (Å²) in [5.74, 6) is 0. The van der Waals surface area contributed by atoms with Crippen LogP contribution in [0.1, 0.15) is 33.6 Å². The van der Waals surface area contributed by atoms with Crippen LogP contribution in [0.25, 0.3) is 0 Å². The lowest BCUT2D eigenvalue weighted by molar-refractivity contribution is 0.0946. The maximum Gasteiger partial charge on any atom is 0.0714 e. The van der Waals surface area contributed by atoms with E-state index >= 15 is 0 Å².